The molecule has 26 heavy (non-hydrogen) atoms. The van der Waals surface area contributed by atoms with Gasteiger partial charge in [-0.15, -0.1) is 0 Å². The van der Waals surface area contributed by atoms with Crippen molar-refractivity contribution in [2.75, 3.05) is 26.7 Å². The maximum absolute atomic E-state index is 6.59. The van der Waals surface area contributed by atoms with E-state index in [1.165, 1.54) is 5.56 Å². The SMILES string of the molecule is CCCN1CCN=C1c1cccc(Cl)c1CCc1cc(Br)ccc1OC. The molecule has 0 fully saturated rings. The van der Waals surface area contributed by atoms with E-state index in [0.717, 1.165) is 71.1 Å². The van der Waals surface area contributed by atoms with Crippen LogP contribution in [-0.2, 0) is 12.8 Å². The van der Waals surface area contributed by atoms with Crippen LogP contribution in [0.15, 0.2) is 45.9 Å². The molecular weight excluding hydrogens is 412 g/mol. The van der Waals surface area contributed by atoms with Crippen LogP contribution < -0.4 is 4.74 Å². The highest BCUT2D eigenvalue weighted by molar-refractivity contribution is 9.10. The first-order valence-electron chi connectivity index (χ1n) is 9.03. The van der Waals surface area contributed by atoms with Gasteiger partial charge in [0.1, 0.15) is 11.6 Å². The van der Waals surface area contributed by atoms with E-state index in [-0.39, 0.29) is 0 Å². The Balaban J connectivity index is 1.88. The van der Waals surface area contributed by atoms with E-state index in [1.807, 2.05) is 24.3 Å². The summed E-state index contributed by atoms with van der Waals surface area (Å²) in [5, 5.41) is 0.808. The van der Waals surface area contributed by atoms with Crippen LogP contribution in [-0.4, -0.2) is 37.5 Å². The summed E-state index contributed by atoms with van der Waals surface area (Å²) < 4.78 is 6.57. The molecule has 0 saturated heterocycles. The summed E-state index contributed by atoms with van der Waals surface area (Å²) >= 11 is 10.1. The summed E-state index contributed by atoms with van der Waals surface area (Å²) in [7, 11) is 1.71. The van der Waals surface area contributed by atoms with E-state index in [2.05, 4.69) is 39.9 Å². The molecule has 0 unspecified atom stereocenters. The number of hydrogen-bond donors (Lipinski definition) is 0. The molecule has 5 heteroatoms. The Kier molecular flexibility index (Phi) is 6.60. The topological polar surface area (TPSA) is 24.8 Å². The summed E-state index contributed by atoms with van der Waals surface area (Å²) in [6.45, 7) is 5.09. The van der Waals surface area contributed by atoms with E-state index in [0.29, 0.717) is 0 Å². The first-order chi connectivity index (χ1) is 12.6. The van der Waals surface area contributed by atoms with Crippen molar-refractivity contribution in [3.05, 3.63) is 62.6 Å². The Hall–Kier alpha value is -1.52. The lowest BCUT2D eigenvalue weighted by Crippen LogP contribution is -2.30. The van der Waals surface area contributed by atoms with Crippen LogP contribution in [0, 0.1) is 0 Å². The molecule has 0 amide bonds. The lowest BCUT2D eigenvalue weighted by Gasteiger charge is -2.22. The van der Waals surface area contributed by atoms with Gasteiger partial charge in [0.15, 0.2) is 0 Å². The van der Waals surface area contributed by atoms with Crippen molar-refractivity contribution in [3.8, 4) is 5.75 Å². The fraction of sp³-hybridized carbons (Fsp3) is 0.381. The first-order valence-corrected chi connectivity index (χ1v) is 10.2. The number of hydrogen-bond acceptors (Lipinski definition) is 3. The van der Waals surface area contributed by atoms with Gasteiger partial charge in [0, 0.05) is 28.1 Å². The van der Waals surface area contributed by atoms with Crippen LogP contribution in [0.4, 0.5) is 0 Å². The van der Waals surface area contributed by atoms with E-state index >= 15 is 0 Å². The molecule has 2 aromatic rings. The van der Waals surface area contributed by atoms with Crippen LogP contribution in [0.1, 0.15) is 30.0 Å². The summed E-state index contributed by atoms with van der Waals surface area (Å²) in [5.74, 6) is 2.00. The number of aliphatic imine (C=N–C) groups is 1. The van der Waals surface area contributed by atoms with E-state index in [9.17, 15) is 0 Å². The maximum atomic E-state index is 6.59. The quantitative estimate of drug-likeness (QED) is 0.584. The van der Waals surface area contributed by atoms with Crippen molar-refractivity contribution < 1.29 is 4.74 Å². The van der Waals surface area contributed by atoms with E-state index < -0.39 is 0 Å². The Bertz CT molecular complexity index is 807. The molecule has 1 heterocycles. The van der Waals surface area contributed by atoms with Gasteiger partial charge in [-0.1, -0.05) is 46.6 Å². The fourth-order valence-corrected chi connectivity index (χ4v) is 4.13. The zero-order valence-electron chi connectivity index (χ0n) is 15.3. The smallest absolute Gasteiger partial charge is 0.131 e. The second-order valence-electron chi connectivity index (χ2n) is 6.41. The molecule has 138 valence electrons. The summed E-state index contributed by atoms with van der Waals surface area (Å²) in [5.41, 5.74) is 3.50. The second-order valence-corrected chi connectivity index (χ2v) is 7.74. The molecule has 0 radical (unpaired) electrons. The number of benzene rings is 2. The Labute approximate surface area is 169 Å². The lowest BCUT2D eigenvalue weighted by atomic mass is 9.98. The minimum atomic E-state index is 0.808. The Morgan fingerprint density at radius 1 is 1.23 bits per heavy atom. The second kappa shape index (κ2) is 8.92. The standard InChI is InChI=1S/C21H24BrClN2O/c1-3-12-25-13-11-24-21(25)18-5-4-6-19(23)17(18)9-7-15-14-16(22)8-10-20(15)26-2/h4-6,8,10,14H,3,7,9,11-13H2,1-2H3. The monoisotopic (exact) mass is 434 g/mol. The van der Waals surface area contributed by atoms with Gasteiger partial charge in [-0.3, -0.25) is 4.99 Å². The average molecular weight is 436 g/mol. The molecule has 0 aromatic heterocycles. The van der Waals surface area contributed by atoms with Crippen LogP contribution in [0.3, 0.4) is 0 Å². The first kappa shape index (κ1) is 19.2. The summed E-state index contributed by atoms with van der Waals surface area (Å²) in [6, 6.07) is 12.2. The van der Waals surface area contributed by atoms with Crippen molar-refractivity contribution in [2.45, 2.75) is 26.2 Å². The molecule has 0 atom stereocenters. The zero-order chi connectivity index (χ0) is 18.5. The third kappa shape index (κ3) is 4.24. The van der Waals surface area contributed by atoms with Crippen LogP contribution >= 0.6 is 27.5 Å². The van der Waals surface area contributed by atoms with Crippen molar-refractivity contribution in [1.82, 2.24) is 4.90 Å². The van der Waals surface area contributed by atoms with Crippen LogP contribution in [0.5, 0.6) is 5.75 Å². The number of aryl methyl sites for hydroxylation is 1. The average Bonchev–Trinajstić information content (AvgIpc) is 3.09. The van der Waals surface area contributed by atoms with Crippen molar-refractivity contribution in [1.29, 1.82) is 0 Å². The van der Waals surface area contributed by atoms with Crippen molar-refractivity contribution >= 4 is 33.4 Å². The van der Waals surface area contributed by atoms with E-state index in [1.54, 1.807) is 7.11 Å². The maximum Gasteiger partial charge on any atom is 0.131 e. The van der Waals surface area contributed by atoms with Crippen LogP contribution in [0.25, 0.3) is 0 Å². The van der Waals surface area contributed by atoms with Gasteiger partial charge < -0.3 is 9.64 Å². The molecule has 0 saturated carbocycles. The van der Waals surface area contributed by atoms with Gasteiger partial charge in [0.2, 0.25) is 0 Å². The van der Waals surface area contributed by atoms with E-state index in [4.69, 9.17) is 21.3 Å². The molecule has 1 aliphatic rings. The number of nitrogens with zero attached hydrogens (tertiary/aromatic N) is 2. The largest absolute Gasteiger partial charge is 0.496 e. The number of methoxy groups -OCH3 is 1. The molecular formula is C21H24BrClN2O. The predicted molar refractivity (Wildman–Crippen MR) is 113 cm³/mol. The predicted octanol–water partition coefficient (Wildman–Crippen LogP) is 5.37. The normalized spacial score (nSPS) is 13.8. The molecule has 3 rings (SSSR count). The molecule has 1 aliphatic heterocycles. The molecule has 0 spiro atoms. The van der Waals surface area contributed by atoms with Gasteiger partial charge >= 0.3 is 0 Å². The summed E-state index contributed by atoms with van der Waals surface area (Å²) in [6.07, 6.45) is 2.82. The van der Waals surface area contributed by atoms with Gasteiger partial charge in [-0.2, -0.15) is 0 Å². The van der Waals surface area contributed by atoms with Gasteiger partial charge in [0.25, 0.3) is 0 Å². The number of rotatable bonds is 7. The highest BCUT2D eigenvalue weighted by atomic mass is 79.9. The highest BCUT2D eigenvalue weighted by Crippen LogP contribution is 2.28. The Morgan fingerprint density at radius 2 is 2.08 bits per heavy atom. The Morgan fingerprint density at radius 3 is 2.85 bits per heavy atom. The minimum absolute atomic E-state index is 0.808. The van der Waals surface area contributed by atoms with Crippen LogP contribution in [0.2, 0.25) is 5.02 Å². The molecule has 0 N–H and O–H groups in total. The molecule has 3 nitrogen and oxygen atoms in total. The third-order valence-electron chi connectivity index (χ3n) is 4.67. The molecule has 0 bridgehead atoms. The van der Waals surface area contributed by atoms with Crippen molar-refractivity contribution in [3.63, 3.8) is 0 Å². The molecule has 0 aliphatic carbocycles. The third-order valence-corrected chi connectivity index (χ3v) is 5.52. The van der Waals surface area contributed by atoms with Gasteiger partial charge in [0.05, 0.1) is 13.7 Å². The minimum Gasteiger partial charge on any atom is -0.496 e. The lowest BCUT2D eigenvalue weighted by molar-refractivity contribution is 0.409. The van der Waals surface area contributed by atoms with Gasteiger partial charge in [-0.05, 0) is 54.7 Å². The fourth-order valence-electron chi connectivity index (χ4n) is 3.45. The number of ether oxygens (including phenoxy) is 1. The summed E-state index contributed by atoms with van der Waals surface area (Å²) in [4.78, 5) is 7.13. The van der Waals surface area contributed by atoms with Crippen molar-refractivity contribution in [2.24, 2.45) is 4.99 Å². The number of amidine groups is 1. The highest BCUT2D eigenvalue weighted by Gasteiger charge is 2.21. The molecule has 2 aromatic carbocycles. The number of halogens is 2. The van der Waals surface area contributed by atoms with Gasteiger partial charge in [-0.25, -0.2) is 0 Å². The zero-order valence-corrected chi connectivity index (χ0v) is 17.6.